The fourth-order valence-corrected chi connectivity index (χ4v) is 2.02. The summed E-state index contributed by atoms with van der Waals surface area (Å²) >= 11 is 0. The van der Waals surface area contributed by atoms with Crippen molar-refractivity contribution in [2.75, 3.05) is 26.0 Å². The molecule has 1 aromatic carbocycles. The van der Waals surface area contributed by atoms with Gasteiger partial charge in [0.15, 0.2) is 5.96 Å². The first-order valence-electron chi connectivity index (χ1n) is 6.83. The Balaban J connectivity index is 1.88. The normalized spacial score (nSPS) is 22.0. The summed E-state index contributed by atoms with van der Waals surface area (Å²) in [5.41, 5.74) is 2.48. The summed E-state index contributed by atoms with van der Waals surface area (Å²) in [6, 6.07) is 9.13. The number of anilines is 1. The van der Waals surface area contributed by atoms with Crippen LogP contribution in [0.3, 0.4) is 0 Å². The quantitative estimate of drug-likeness (QED) is 0.641. The maximum absolute atomic E-state index is 4.26. The lowest BCUT2D eigenvalue weighted by molar-refractivity contribution is 0.763. The van der Waals surface area contributed by atoms with Gasteiger partial charge in [0.2, 0.25) is 0 Å². The fraction of sp³-hybridized carbons (Fsp3) is 0.533. The van der Waals surface area contributed by atoms with Gasteiger partial charge in [0.1, 0.15) is 0 Å². The molecule has 2 atom stereocenters. The van der Waals surface area contributed by atoms with Crippen molar-refractivity contribution in [2.24, 2.45) is 10.9 Å². The molecule has 19 heavy (non-hydrogen) atoms. The Morgan fingerprint density at radius 3 is 2.74 bits per heavy atom. The molecule has 1 aromatic rings. The maximum Gasteiger partial charge on any atom is 0.191 e. The number of benzene rings is 1. The highest BCUT2D eigenvalue weighted by Gasteiger charge is 2.33. The standard InChI is InChI=1S/C15H24N4/c1-11-8-14(11)18-15(16-2)17-10-12-6-5-7-13(9-12)19(3)4/h5-7,9,11,14H,8,10H2,1-4H3,(H2,16,17,18). The summed E-state index contributed by atoms with van der Waals surface area (Å²) in [5, 5.41) is 6.79. The highest BCUT2D eigenvalue weighted by molar-refractivity contribution is 5.80. The van der Waals surface area contributed by atoms with Gasteiger partial charge < -0.3 is 15.5 Å². The third kappa shape index (κ3) is 3.88. The molecular weight excluding hydrogens is 236 g/mol. The third-order valence-electron chi connectivity index (χ3n) is 3.54. The molecule has 0 amide bonds. The minimum absolute atomic E-state index is 0.597. The first kappa shape index (κ1) is 13.7. The van der Waals surface area contributed by atoms with Crippen molar-refractivity contribution in [1.29, 1.82) is 0 Å². The van der Waals surface area contributed by atoms with Crippen molar-refractivity contribution in [1.82, 2.24) is 10.6 Å². The molecule has 0 spiro atoms. The largest absolute Gasteiger partial charge is 0.378 e. The molecule has 0 heterocycles. The van der Waals surface area contributed by atoms with Crippen LogP contribution in [0.5, 0.6) is 0 Å². The lowest BCUT2D eigenvalue weighted by atomic mass is 10.2. The molecule has 0 saturated heterocycles. The van der Waals surface area contributed by atoms with Crippen LogP contribution >= 0.6 is 0 Å². The van der Waals surface area contributed by atoms with E-state index >= 15 is 0 Å². The van der Waals surface area contributed by atoms with Gasteiger partial charge in [0.05, 0.1) is 0 Å². The zero-order valence-corrected chi connectivity index (χ0v) is 12.3. The number of guanidine groups is 1. The average molecular weight is 260 g/mol. The number of hydrogen-bond donors (Lipinski definition) is 2. The highest BCUT2D eigenvalue weighted by atomic mass is 15.2. The van der Waals surface area contributed by atoms with E-state index in [2.05, 4.69) is 65.8 Å². The van der Waals surface area contributed by atoms with Crippen molar-refractivity contribution >= 4 is 11.6 Å². The molecule has 1 fully saturated rings. The zero-order valence-electron chi connectivity index (χ0n) is 12.3. The number of nitrogens with zero attached hydrogens (tertiary/aromatic N) is 2. The number of hydrogen-bond acceptors (Lipinski definition) is 2. The van der Waals surface area contributed by atoms with Crippen LogP contribution in [-0.2, 0) is 6.54 Å². The maximum atomic E-state index is 4.26. The van der Waals surface area contributed by atoms with Gasteiger partial charge in [-0.05, 0) is 30.0 Å². The second-order valence-electron chi connectivity index (χ2n) is 5.45. The molecule has 0 radical (unpaired) electrons. The summed E-state index contributed by atoms with van der Waals surface area (Å²) in [6.45, 7) is 3.05. The average Bonchev–Trinajstić information content (AvgIpc) is 3.10. The van der Waals surface area contributed by atoms with Gasteiger partial charge in [-0.25, -0.2) is 0 Å². The van der Waals surface area contributed by atoms with Crippen molar-refractivity contribution < 1.29 is 0 Å². The molecule has 0 aliphatic heterocycles. The summed E-state index contributed by atoms with van der Waals surface area (Å²) in [7, 11) is 5.93. The van der Waals surface area contributed by atoms with Crippen LogP contribution in [0, 0.1) is 5.92 Å². The lowest BCUT2D eigenvalue weighted by Crippen LogP contribution is -2.38. The first-order chi connectivity index (χ1) is 9.10. The van der Waals surface area contributed by atoms with Gasteiger partial charge >= 0.3 is 0 Å². The van der Waals surface area contributed by atoms with E-state index in [0.29, 0.717) is 6.04 Å². The molecule has 2 unspecified atom stereocenters. The highest BCUT2D eigenvalue weighted by Crippen LogP contribution is 2.28. The molecule has 1 aliphatic rings. The first-order valence-corrected chi connectivity index (χ1v) is 6.83. The predicted molar refractivity (Wildman–Crippen MR) is 81.7 cm³/mol. The van der Waals surface area contributed by atoms with Gasteiger partial charge in [-0.2, -0.15) is 0 Å². The van der Waals surface area contributed by atoms with Crippen LogP contribution < -0.4 is 15.5 Å². The van der Waals surface area contributed by atoms with Gasteiger partial charge in [-0.3, -0.25) is 4.99 Å². The van der Waals surface area contributed by atoms with Crippen LogP contribution in [0.2, 0.25) is 0 Å². The Morgan fingerprint density at radius 1 is 1.42 bits per heavy atom. The zero-order chi connectivity index (χ0) is 13.8. The van der Waals surface area contributed by atoms with Gasteiger partial charge in [-0.1, -0.05) is 19.1 Å². The van der Waals surface area contributed by atoms with E-state index in [0.717, 1.165) is 18.4 Å². The van der Waals surface area contributed by atoms with E-state index in [1.165, 1.54) is 17.7 Å². The molecule has 4 nitrogen and oxygen atoms in total. The van der Waals surface area contributed by atoms with E-state index in [9.17, 15) is 0 Å². The van der Waals surface area contributed by atoms with E-state index in [1.54, 1.807) is 0 Å². The van der Waals surface area contributed by atoms with Crippen molar-refractivity contribution in [3.63, 3.8) is 0 Å². The topological polar surface area (TPSA) is 39.7 Å². The summed E-state index contributed by atoms with van der Waals surface area (Å²) < 4.78 is 0. The number of aliphatic imine (C=N–C) groups is 1. The van der Waals surface area contributed by atoms with E-state index < -0.39 is 0 Å². The number of nitrogens with one attached hydrogen (secondary N) is 2. The van der Waals surface area contributed by atoms with Gasteiger partial charge in [0.25, 0.3) is 0 Å². The second kappa shape index (κ2) is 5.95. The van der Waals surface area contributed by atoms with E-state index in [-0.39, 0.29) is 0 Å². The lowest BCUT2D eigenvalue weighted by Gasteiger charge is -2.15. The van der Waals surface area contributed by atoms with E-state index in [1.807, 2.05) is 7.05 Å². The SMILES string of the molecule is CN=C(NCc1cccc(N(C)C)c1)NC1CC1C. The summed E-state index contributed by atoms with van der Waals surface area (Å²) in [6.07, 6.45) is 1.25. The Kier molecular flexibility index (Phi) is 4.30. The molecule has 2 rings (SSSR count). The monoisotopic (exact) mass is 260 g/mol. The summed E-state index contributed by atoms with van der Waals surface area (Å²) in [5.74, 6) is 1.67. The van der Waals surface area contributed by atoms with Crippen LogP contribution in [-0.4, -0.2) is 33.1 Å². The van der Waals surface area contributed by atoms with Crippen LogP contribution in [0.15, 0.2) is 29.3 Å². The van der Waals surface area contributed by atoms with Crippen molar-refractivity contribution in [3.05, 3.63) is 29.8 Å². The number of rotatable bonds is 4. The van der Waals surface area contributed by atoms with E-state index in [4.69, 9.17) is 0 Å². The molecule has 2 N–H and O–H groups in total. The Morgan fingerprint density at radius 2 is 2.16 bits per heavy atom. The molecule has 104 valence electrons. The third-order valence-corrected chi connectivity index (χ3v) is 3.54. The molecule has 0 bridgehead atoms. The van der Waals surface area contributed by atoms with Crippen LogP contribution in [0.4, 0.5) is 5.69 Å². The van der Waals surface area contributed by atoms with Crippen molar-refractivity contribution in [3.8, 4) is 0 Å². The molecule has 1 aliphatic carbocycles. The Labute approximate surface area is 115 Å². The van der Waals surface area contributed by atoms with Crippen molar-refractivity contribution in [2.45, 2.75) is 25.9 Å². The minimum Gasteiger partial charge on any atom is -0.378 e. The fourth-order valence-electron chi connectivity index (χ4n) is 2.02. The summed E-state index contributed by atoms with van der Waals surface area (Å²) in [4.78, 5) is 6.37. The van der Waals surface area contributed by atoms with Gasteiger partial charge in [-0.15, -0.1) is 0 Å². The predicted octanol–water partition coefficient (Wildman–Crippen LogP) is 1.83. The Hall–Kier alpha value is -1.71. The molecule has 4 heteroatoms. The van der Waals surface area contributed by atoms with Gasteiger partial charge in [0, 0.05) is 39.4 Å². The van der Waals surface area contributed by atoms with Crippen LogP contribution in [0.25, 0.3) is 0 Å². The molecular formula is C15H24N4. The molecule has 0 aromatic heterocycles. The van der Waals surface area contributed by atoms with Crippen LogP contribution in [0.1, 0.15) is 18.9 Å². The molecule has 1 saturated carbocycles. The second-order valence-corrected chi connectivity index (χ2v) is 5.45. The minimum atomic E-state index is 0.597. The Bertz CT molecular complexity index is 453. The smallest absolute Gasteiger partial charge is 0.191 e.